The number of H-pyrrole nitrogens is 1. The summed E-state index contributed by atoms with van der Waals surface area (Å²) in [7, 11) is 2.05. The molecule has 0 amide bonds. The van der Waals surface area contributed by atoms with Gasteiger partial charge >= 0.3 is 0 Å². The molecule has 1 aromatic carbocycles. The van der Waals surface area contributed by atoms with Crippen molar-refractivity contribution in [1.82, 2.24) is 15.3 Å². The molecule has 1 fully saturated rings. The van der Waals surface area contributed by atoms with Crippen molar-refractivity contribution in [2.75, 3.05) is 19.4 Å². The first-order chi connectivity index (χ1) is 9.80. The van der Waals surface area contributed by atoms with Crippen molar-refractivity contribution in [2.45, 2.75) is 31.0 Å². The number of hydrogen-bond donors (Lipinski definition) is 2. The zero-order valence-corrected chi connectivity index (χ0v) is 12.8. The van der Waals surface area contributed by atoms with Crippen LogP contribution in [0.2, 0.25) is 0 Å². The van der Waals surface area contributed by atoms with Gasteiger partial charge in [0.2, 0.25) is 0 Å². The largest absolute Gasteiger partial charge is 0.494 e. The molecule has 108 valence electrons. The van der Waals surface area contributed by atoms with Gasteiger partial charge in [-0.2, -0.15) is 0 Å². The minimum atomic E-state index is 0.604. The van der Waals surface area contributed by atoms with Crippen molar-refractivity contribution in [3.8, 4) is 5.75 Å². The number of thioether (sulfide) groups is 1. The van der Waals surface area contributed by atoms with Gasteiger partial charge < -0.3 is 15.0 Å². The molecule has 0 saturated heterocycles. The highest BCUT2D eigenvalue weighted by atomic mass is 32.2. The SMILES string of the molecule is CCOc1ccc2nc(SCC(NC)C3CC3)[nH]c2c1. The number of nitrogens with zero attached hydrogens (tertiary/aromatic N) is 1. The average Bonchev–Trinajstić information content (AvgIpc) is 3.20. The quantitative estimate of drug-likeness (QED) is 0.770. The maximum Gasteiger partial charge on any atom is 0.166 e. The lowest BCUT2D eigenvalue weighted by Gasteiger charge is -2.13. The third kappa shape index (κ3) is 3.10. The molecule has 1 unspecified atom stereocenters. The molecule has 0 aliphatic heterocycles. The zero-order valence-electron chi connectivity index (χ0n) is 12.0. The lowest BCUT2D eigenvalue weighted by atomic mass is 10.2. The van der Waals surface area contributed by atoms with Crippen LogP contribution in [0, 0.1) is 5.92 Å². The van der Waals surface area contributed by atoms with E-state index in [-0.39, 0.29) is 0 Å². The van der Waals surface area contributed by atoms with Crippen molar-refractivity contribution in [2.24, 2.45) is 5.92 Å². The van der Waals surface area contributed by atoms with Crippen LogP contribution in [0.3, 0.4) is 0 Å². The molecule has 4 nitrogen and oxygen atoms in total. The van der Waals surface area contributed by atoms with E-state index >= 15 is 0 Å². The van der Waals surface area contributed by atoms with Crippen molar-refractivity contribution in [3.63, 3.8) is 0 Å². The van der Waals surface area contributed by atoms with E-state index in [0.717, 1.165) is 33.6 Å². The fourth-order valence-electron chi connectivity index (χ4n) is 2.41. The van der Waals surface area contributed by atoms with E-state index in [0.29, 0.717) is 12.6 Å². The number of aromatic nitrogens is 2. The summed E-state index contributed by atoms with van der Waals surface area (Å²) < 4.78 is 5.51. The van der Waals surface area contributed by atoms with Gasteiger partial charge in [0.15, 0.2) is 5.16 Å². The van der Waals surface area contributed by atoms with Crippen molar-refractivity contribution < 1.29 is 4.74 Å². The Morgan fingerprint density at radius 3 is 3.05 bits per heavy atom. The van der Waals surface area contributed by atoms with Crippen LogP contribution in [-0.4, -0.2) is 35.4 Å². The minimum absolute atomic E-state index is 0.604. The summed E-state index contributed by atoms with van der Waals surface area (Å²) in [5, 5.41) is 4.41. The third-order valence-electron chi connectivity index (χ3n) is 3.70. The van der Waals surface area contributed by atoms with Crippen LogP contribution in [-0.2, 0) is 0 Å². The number of imidazole rings is 1. The Hall–Kier alpha value is -1.20. The number of hydrogen-bond acceptors (Lipinski definition) is 4. The molecule has 1 aliphatic carbocycles. The molecule has 3 rings (SSSR count). The molecule has 0 radical (unpaired) electrons. The number of aromatic amines is 1. The minimum Gasteiger partial charge on any atom is -0.494 e. The summed E-state index contributed by atoms with van der Waals surface area (Å²) in [4.78, 5) is 8.00. The Kier molecular flexibility index (Phi) is 4.17. The maximum absolute atomic E-state index is 5.51. The molecule has 0 bridgehead atoms. The molecule has 1 aromatic heterocycles. The molecule has 2 aromatic rings. The summed E-state index contributed by atoms with van der Waals surface area (Å²) in [5.74, 6) is 2.83. The topological polar surface area (TPSA) is 49.9 Å². The fraction of sp³-hybridized carbons (Fsp3) is 0.533. The Labute approximate surface area is 123 Å². The summed E-state index contributed by atoms with van der Waals surface area (Å²) in [6, 6.07) is 6.61. The van der Waals surface area contributed by atoms with Gasteiger partial charge in [-0.1, -0.05) is 11.8 Å². The van der Waals surface area contributed by atoms with Crippen LogP contribution in [0.4, 0.5) is 0 Å². The van der Waals surface area contributed by atoms with E-state index < -0.39 is 0 Å². The molecule has 0 spiro atoms. The number of ether oxygens (including phenoxy) is 1. The molecule has 1 heterocycles. The predicted molar refractivity (Wildman–Crippen MR) is 83.6 cm³/mol. The molecule has 5 heteroatoms. The molecule has 1 aliphatic rings. The van der Waals surface area contributed by atoms with Crippen LogP contribution in [0.25, 0.3) is 11.0 Å². The first kappa shape index (κ1) is 13.8. The van der Waals surface area contributed by atoms with Gasteiger partial charge in [-0.25, -0.2) is 4.98 Å². The first-order valence-electron chi connectivity index (χ1n) is 7.22. The Morgan fingerprint density at radius 1 is 1.50 bits per heavy atom. The molecule has 20 heavy (non-hydrogen) atoms. The molecule has 1 saturated carbocycles. The van der Waals surface area contributed by atoms with Crippen molar-refractivity contribution in [3.05, 3.63) is 18.2 Å². The van der Waals surface area contributed by atoms with Gasteiger partial charge in [-0.3, -0.25) is 0 Å². The standard InChI is InChI=1S/C15H21N3OS/c1-3-19-11-6-7-12-13(8-11)18-15(17-12)20-9-14(16-2)10-4-5-10/h6-8,10,14,16H,3-5,9H2,1-2H3,(H,17,18). The summed E-state index contributed by atoms with van der Waals surface area (Å²) in [5.41, 5.74) is 2.05. The Bertz CT molecular complexity index is 580. The Morgan fingerprint density at radius 2 is 2.35 bits per heavy atom. The number of nitrogens with one attached hydrogen (secondary N) is 2. The van der Waals surface area contributed by atoms with E-state index in [1.54, 1.807) is 11.8 Å². The van der Waals surface area contributed by atoms with Crippen LogP contribution in [0.1, 0.15) is 19.8 Å². The zero-order chi connectivity index (χ0) is 13.9. The van der Waals surface area contributed by atoms with Crippen molar-refractivity contribution in [1.29, 1.82) is 0 Å². The summed E-state index contributed by atoms with van der Waals surface area (Å²) in [6.45, 7) is 2.68. The second-order valence-electron chi connectivity index (χ2n) is 5.20. The van der Waals surface area contributed by atoms with E-state index in [2.05, 4.69) is 22.3 Å². The lowest BCUT2D eigenvalue weighted by Crippen LogP contribution is -2.29. The molecular weight excluding hydrogens is 270 g/mol. The lowest BCUT2D eigenvalue weighted by molar-refractivity contribution is 0.340. The number of benzene rings is 1. The van der Waals surface area contributed by atoms with Gasteiger partial charge in [0.1, 0.15) is 5.75 Å². The van der Waals surface area contributed by atoms with E-state index in [4.69, 9.17) is 4.74 Å². The van der Waals surface area contributed by atoms with Gasteiger partial charge in [0.05, 0.1) is 17.6 Å². The maximum atomic E-state index is 5.51. The van der Waals surface area contributed by atoms with Crippen LogP contribution >= 0.6 is 11.8 Å². The van der Waals surface area contributed by atoms with Crippen LogP contribution in [0.5, 0.6) is 5.75 Å². The Balaban J connectivity index is 1.68. The van der Waals surface area contributed by atoms with E-state index in [9.17, 15) is 0 Å². The first-order valence-corrected chi connectivity index (χ1v) is 8.21. The van der Waals surface area contributed by atoms with E-state index in [1.807, 2.05) is 25.1 Å². The molecular formula is C15H21N3OS. The predicted octanol–water partition coefficient (Wildman–Crippen LogP) is 3.05. The third-order valence-corrected chi connectivity index (χ3v) is 4.70. The second-order valence-corrected chi connectivity index (χ2v) is 6.21. The molecule has 1 atom stereocenters. The highest BCUT2D eigenvalue weighted by Crippen LogP contribution is 2.35. The molecule has 2 N–H and O–H groups in total. The second kappa shape index (κ2) is 6.06. The number of fused-ring (bicyclic) bond motifs is 1. The average molecular weight is 291 g/mol. The van der Waals surface area contributed by atoms with Gasteiger partial charge in [-0.15, -0.1) is 0 Å². The highest BCUT2D eigenvalue weighted by Gasteiger charge is 2.30. The van der Waals surface area contributed by atoms with Crippen molar-refractivity contribution >= 4 is 22.8 Å². The highest BCUT2D eigenvalue weighted by molar-refractivity contribution is 7.99. The number of rotatable bonds is 7. The van der Waals surface area contributed by atoms with Gasteiger partial charge in [0, 0.05) is 17.9 Å². The van der Waals surface area contributed by atoms with Crippen LogP contribution in [0.15, 0.2) is 23.4 Å². The fourth-order valence-corrected chi connectivity index (χ4v) is 3.53. The monoisotopic (exact) mass is 291 g/mol. The smallest absolute Gasteiger partial charge is 0.166 e. The van der Waals surface area contributed by atoms with Crippen LogP contribution < -0.4 is 10.1 Å². The summed E-state index contributed by atoms with van der Waals surface area (Å²) >= 11 is 1.80. The summed E-state index contributed by atoms with van der Waals surface area (Å²) in [6.07, 6.45) is 2.73. The van der Waals surface area contributed by atoms with Gasteiger partial charge in [0.25, 0.3) is 0 Å². The normalized spacial score (nSPS) is 16.5. The van der Waals surface area contributed by atoms with E-state index in [1.165, 1.54) is 12.8 Å². The van der Waals surface area contributed by atoms with Gasteiger partial charge in [-0.05, 0) is 44.9 Å².